The summed E-state index contributed by atoms with van der Waals surface area (Å²) in [4.78, 5) is 24.9. The monoisotopic (exact) mass is 558 g/mol. The van der Waals surface area contributed by atoms with E-state index in [4.69, 9.17) is 25.8 Å². The van der Waals surface area contributed by atoms with Crippen molar-refractivity contribution in [2.45, 2.75) is 58.2 Å². The van der Waals surface area contributed by atoms with Crippen molar-refractivity contribution in [2.24, 2.45) is 5.92 Å². The Morgan fingerprint density at radius 1 is 1.07 bits per heavy atom. The number of nitriles is 1. The highest BCUT2D eigenvalue weighted by atomic mass is 35.5. The predicted octanol–water partition coefficient (Wildman–Crippen LogP) is 7.56. The van der Waals surface area contributed by atoms with Gasteiger partial charge in [-0.15, -0.1) is 0 Å². The second-order valence-corrected chi connectivity index (χ2v) is 12.0. The summed E-state index contributed by atoms with van der Waals surface area (Å²) < 4.78 is 17.7. The van der Waals surface area contributed by atoms with E-state index in [1.807, 2.05) is 6.07 Å². The topological polar surface area (TPSA) is 97.6 Å². The third-order valence-corrected chi connectivity index (χ3v) is 7.42. The Kier molecular flexibility index (Phi) is 7.34. The molecule has 0 unspecified atom stereocenters. The summed E-state index contributed by atoms with van der Waals surface area (Å²) in [7, 11) is 0. The minimum Gasteiger partial charge on any atom is -0.482 e. The van der Waals surface area contributed by atoms with Gasteiger partial charge in [0.1, 0.15) is 28.9 Å². The van der Waals surface area contributed by atoms with Crippen molar-refractivity contribution in [1.29, 1.82) is 5.26 Å². The zero-order valence-electron chi connectivity index (χ0n) is 23.0. The first-order valence-electron chi connectivity index (χ1n) is 13.2. The van der Waals surface area contributed by atoms with Crippen molar-refractivity contribution in [3.05, 3.63) is 70.7 Å². The van der Waals surface area contributed by atoms with Gasteiger partial charge in [0.25, 0.3) is 5.91 Å². The average Bonchev–Trinajstić information content (AvgIpc) is 2.87. The maximum Gasteiger partial charge on any atom is 0.262 e. The lowest BCUT2D eigenvalue weighted by Crippen LogP contribution is -2.45. The molecule has 1 saturated heterocycles. The number of Topliss-reactive ketones (excluding diaryl/α,β-unsaturated/α-hetero) is 1. The summed E-state index contributed by atoms with van der Waals surface area (Å²) in [6.45, 7) is 8.23. The number of rotatable bonds is 6. The van der Waals surface area contributed by atoms with Crippen LogP contribution in [0.1, 0.15) is 62.9 Å². The molecule has 3 aromatic carbocycles. The molecule has 2 heterocycles. The molecule has 206 valence electrons. The molecular formula is C32H31ClN2O5. The van der Waals surface area contributed by atoms with Crippen LogP contribution in [0, 0.1) is 17.2 Å². The Hall–Kier alpha value is -3.86. The number of hydrogen-bond acceptors (Lipinski definition) is 6. The van der Waals surface area contributed by atoms with Crippen LogP contribution in [-0.4, -0.2) is 29.5 Å². The van der Waals surface area contributed by atoms with Crippen LogP contribution in [0.2, 0.25) is 5.02 Å². The number of halogens is 1. The Morgan fingerprint density at radius 2 is 1.82 bits per heavy atom. The summed E-state index contributed by atoms with van der Waals surface area (Å²) in [5.41, 5.74) is 2.16. The van der Waals surface area contributed by atoms with E-state index < -0.39 is 0 Å². The van der Waals surface area contributed by atoms with Gasteiger partial charge in [0.15, 0.2) is 12.4 Å². The van der Waals surface area contributed by atoms with Crippen LogP contribution in [0.3, 0.4) is 0 Å². The van der Waals surface area contributed by atoms with Gasteiger partial charge >= 0.3 is 0 Å². The van der Waals surface area contributed by atoms with E-state index in [-0.39, 0.29) is 40.4 Å². The number of benzene rings is 3. The lowest BCUT2D eigenvalue weighted by atomic mass is 9.78. The van der Waals surface area contributed by atoms with Crippen LogP contribution >= 0.6 is 11.6 Å². The number of nitrogens with one attached hydrogen (secondary N) is 1. The van der Waals surface area contributed by atoms with Gasteiger partial charge < -0.3 is 19.5 Å². The molecule has 5 rings (SSSR count). The molecule has 0 aliphatic carbocycles. The van der Waals surface area contributed by atoms with Gasteiger partial charge in [-0.05, 0) is 88.4 Å². The van der Waals surface area contributed by atoms with Crippen molar-refractivity contribution < 1.29 is 23.8 Å². The molecule has 0 atom stereocenters. The maximum atomic E-state index is 13.2. The third-order valence-electron chi connectivity index (χ3n) is 7.12. The number of anilines is 1. The van der Waals surface area contributed by atoms with E-state index in [2.05, 4.69) is 39.1 Å². The van der Waals surface area contributed by atoms with Crippen molar-refractivity contribution in [1.82, 2.24) is 0 Å². The molecular weight excluding hydrogens is 528 g/mol. The minimum atomic E-state index is -0.282. The first-order chi connectivity index (χ1) is 18.9. The first kappa shape index (κ1) is 27.7. The molecule has 1 amide bonds. The summed E-state index contributed by atoms with van der Waals surface area (Å²) in [5.74, 6) is 1.23. The summed E-state index contributed by atoms with van der Waals surface area (Å²) >= 11 is 6.57. The molecule has 0 spiro atoms. The Labute approximate surface area is 239 Å². The molecule has 40 heavy (non-hydrogen) atoms. The largest absolute Gasteiger partial charge is 0.482 e. The van der Waals surface area contributed by atoms with E-state index in [0.29, 0.717) is 46.0 Å². The molecule has 8 heteroatoms. The summed E-state index contributed by atoms with van der Waals surface area (Å²) in [6, 6.07) is 17.8. The normalized spacial score (nSPS) is 17.6. The first-order valence-corrected chi connectivity index (χ1v) is 13.6. The van der Waals surface area contributed by atoms with Crippen molar-refractivity contribution in [3.63, 3.8) is 0 Å². The van der Waals surface area contributed by atoms with Crippen LogP contribution in [0.15, 0.2) is 54.6 Å². The van der Waals surface area contributed by atoms with Crippen molar-refractivity contribution in [3.8, 4) is 34.4 Å². The zero-order chi connectivity index (χ0) is 28.7. The van der Waals surface area contributed by atoms with E-state index in [0.717, 1.165) is 18.4 Å². The highest BCUT2D eigenvalue weighted by molar-refractivity contribution is 6.32. The van der Waals surface area contributed by atoms with E-state index in [9.17, 15) is 14.9 Å². The van der Waals surface area contributed by atoms with Crippen LogP contribution < -0.4 is 14.8 Å². The molecule has 1 fully saturated rings. The fraction of sp³-hybridized carbons (Fsp3) is 0.344. The Balaban J connectivity index is 1.35. The molecule has 2 aliphatic heterocycles. The van der Waals surface area contributed by atoms with Crippen LogP contribution in [0.4, 0.5) is 5.69 Å². The second kappa shape index (κ2) is 10.6. The van der Waals surface area contributed by atoms with Crippen molar-refractivity contribution >= 4 is 29.0 Å². The standard InChI is InChI=1S/C32H31ClN2O5/c1-31(2)15-19(16-32(3,4)40-31)12-26(36)21-9-10-28(24(33)13-21)39-27-7-5-6-22(23(27)17-34)20-8-11-29-25(14-20)35-30(37)18-38-29/h5-11,13-14,19H,12,15-16,18H2,1-4H3,(H,35,37). The number of ketones is 1. The highest BCUT2D eigenvalue weighted by Gasteiger charge is 2.39. The average molecular weight is 559 g/mol. The fourth-order valence-electron chi connectivity index (χ4n) is 5.92. The minimum absolute atomic E-state index is 0.0233. The quantitative estimate of drug-likeness (QED) is 0.313. The van der Waals surface area contributed by atoms with Crippen molar-refractivity contribution in [2.75, 3.05) is 11.9 Å². The number of carbonyl (C=O) groups is 2. The molecule has 0 saturated carbocycles. The van der Waals surface area contributed by atoms with Gasteiger partial charge in [-0.25, -0.2) is 0 Å². The van der Waals surface area contributed by atoms with Crippen LogP contribution in [0.5, 0.6) is 17.2 Å². The Bertz CT molecular complexity index is 1520. The molecule has 0 radical (unpaired) electrons. The van der Waals surface area contributed by atoms with Crippen LogP contribution in [0.25, 0.3) is 11.1 Å². The zero-order valence-corrected chi connectivity index (χ0v) is 23.7. The molecule has 7 nitrogen and oxygen atoms in total. The van der Waals surface area contributed by atoms with Gasteiger partial charge in [0.2, 0.25) is 0 Å². The number of fused-ring (bicyclic) bond motifs is 1. The van der Waals surface area contributed by atoms with Gasteiger partial charge in [0, 0.05) is 17.5 Å². The van der Waals surface area contributed by atoms with E-state index in [1.54, 1.807) is 48.5 Å². The molecule has 3 aromatic rings. The number of ether oxygens (including phenoxy) is 3. The van der Waals surface area contributed by atoms with Gasteiger partial charge in [-0.2, -0.15) is 5.26 Å². The molecule has 0 aromatic heterocycles. The highest BCUT2D eigenvalue weighted by Crippen LogP contribution is 2.41. The SMILES string of the molecule is CC1(C)CC(CC(=O)c2ccc(Oc3cccc(-c4ccc5c(c4)NC(=O)CO5)c3C#N)c(Cl)c2)CC(C)(C)O1. The van der Waals surface area contributed by atoms with E-state index >= 15 is 0 Å². The summed E-state index contributed by atoms with van der Waals surface area (Å²) in [6.07, 6.45) is 2.04. The lowest BCUT2D eigenvalue weighted by molar-refractivity contribution is -0.171. The Morgan fingerprint density at radius 3 is 2.52 bits per heavy atom. The molecule has 1 N–H and O–H groups in total. The smallest absolute Gasteiger partial charge is 0.262 e. The third kappa shape index (κ3) is 5.99. The van der Waals surface area contributed by atoms with Gasteiger partial charge in [-0.3, -0.25) is 9.59 Å². The predicted molar refractivity (Wildman–Crippen MR) is 153 cm³/mol. The van der Waals surface area contributed by atoms with Gasteiger partial charge in [-0.1, -0.05) is 29.8 Å². The van der Waals surface area contributed by atoms with Gasteiger partial charge in [0.05, 0.1) is 21.9 Å². The molecule has 2 aliphatic rings. The van der Waals surface area contributed by atoms with Crippen LogP contribution in [-0.2, 0) is 9.53 Å². The number of carbonyl (C=O) groups excluding carboxylic acids is 2. The lowest BCUT2D eigenvalue weighted by Gasteiger charge is -2.45. The number of amides is 1. The fourth-order valence-corrected chi connectivity index (χ4v) is 6.14. The summed E-state index contributed by atoms with van der Waals surface area (Å²) in [5, 5.41) is 13.1. The molecule has 0 bridgehead atoms. The van der Waals surface area contributed by atoms with E-state index in [1.165, 1.54) is 0 Å². The maximum absolute atomic E-state index is 13.2. The second-order valence-electron chi connectivity index (χ2n) is 11.6. The number of hydrogen-bond donors (Lipinski definition) is 1. The number of nitrogens with zero attached hydrogens (tertiary/aromatic N) is 1.